The van der Waals surface area contributed by atoms with E-state index >= 15 is 0 Å². The molecule has 0 fully saturated rings. The molecule has 0 aliphatic heterocycles. The van der Waals surface area contributed by atoms with E-state index in [0.29, 0.717) is 15.7 Å². The molecule has 0 bridgehead atoms. The van der Waals surface area contributed by atoms with E-state index < -0.39 is 0 Å². The van der Waals surface area contributed by atoms with E-state index in [9.17, 15) is 4.79 Å². The Hall–Kier alpha value is -2.43. The summed E-state index contributed by atoms with van der Waals surface area (Å²) in [6, 6.07) is 16.9. The van der Waals surface area contributed by atoms with Crippen LogP contribution in [0.25, 0.3) is 11.6 Å². The van der Waals surface area contributed by atoms with Crippen LogP contribution in [0.1, 0.15) is 11.1 Å². The number of halogens is 1. The van der Waals surface area contributed by atoms with Crippen LogP contribution in [0.3, 0.4) is 0 Å². The third-order valence-corrected chi connectivity index (χ3v) is 4.10. The van der Waals surface area contributed by atoms with Gasteiger partial charge in [-0.25, -0.2) is 4.98 Å². The highest BCUT2D eigenvalue weighted by Gasteiger charge is 2.13. The third-order valence-electron chi connectivity index (χ3n) is 3.16. The van der Waals surface area contributed by atoms with E-state index in [2.05, 4.69) is 10.3 Å². The number of thiazole rings is 1. The zero-order valence-corrected chi connectivity index (χ0v) is 13.6. The lowest BCUT2D eigenvalue weighted by Crippen LogP contribution is -2.13. The summed E-state index contributed by atoms with van der Waals surface area (Å²) in [5.74, 6) is -0.203. The Balaban J connectivity index is 1.97. The summed E-state index contributed by atoms with van der Waals surface area (Å²) < 4.78 is 0. The highest BCUT2D eigenvalue weighted by Crippen LogP contribution is 2.23. The molecule has 0 saturated heterocycles. The van der Waals surface area contributed by atoms with E-state index in [-0.39, 0.29) is 5.91 Å². The molecule has 1 heterocycles. The molecule has 5 heteroatoms. The Morgan fingerprint density at radius 3 is 2.48 bits per heavy atom. The molecule has 3 nitrogen and oxygen atoms in total. The molecule has 1 aromatic heterocycles. The van der Waals surface area contributed by atoms with Gasteiger partial charge < -0.3 is 0 Å². The standard InChI is InChI=1S/C18H13ClN2OS/c19-15-8-6-14(7-9-15)16(12-13-4-2-1-3-5-13)17(22)21-18-20-10-11-23-18/h1-12H,(H,20,21,22). The summed E-state index contributed by atoms with van der Waals surface area (Å²) in [5.41, 5.74) is 2.31. The van der Waals surface area contributed by atoms with Crippen molar-refractivity contribution in [2.75, 3.05) is 5.32 Å². The zero-order valence-electron chi connectivity index (χ0n) is 12.1. The van der Waals surface area contributed by atoms with Crippen molar-refractivity contribution in [3.63, 3.8) is 0 Å². The first-order chi connectivity index (χ1) is 11.2. The van der Waals surface area contributed by atoms with E-state index in [4.69, 9.17) is 11.6 Å². The second-order valence-corrected chi connectivity index (χ2v) is 6.10. The molecular formula is C18H13ClN2OS. The van der Waals surface area contributed by atoms with Gasteiger partial charge in [0.1, 0.15) is 0 Å². The number of anilines is 1. The van der Waals surface area contributed by atoms with Gasteiger partial charge in [-0.2, -0.15) is 0 Å². The van der Waals surface area contributed by atoms with Gasteiger partial charge in [0, 0.05) is 22.2 Å². The fraction of sp³-hybridized carbons (Fsp3) is 0. The largest absolute Gasteiger partial charge is 0.298 e. The quantitative estimate of drug-likeness (QED) is 0.538. The van der Waals surface area contributed by atoms with Crippen molar-refractivity contribution in [2.24, 2.45) is 0 Å². The fourth-order valence-corrected chi connectivity index (χ4v) is 2.72. The Kier molecular flexibility index (Phi) is 4.86. The highest BCUT2D eigenvalue weighted by molar-refractivity contribution is 7.13. The topological polar surface area (TPSA) is 42.0 Å². The highest BCUT2D eigenvalue weighted by atomic mass is 35.5. The van der Waals surface area contributed by atoms with Crippen LogP contribution in [-0.4, -0.2) is 10.9 Å². The Morgan fingerprint density at radius 2 is 1.83 bits per heavy atom. The van der Waals surface area contributed by atoms with Crippen molar-refractivity contribution in [2.45, 2.75) is 0 Å². The van der Waals surface area contributed by atoms with Gasteiger partial charge in [0.15, 0.2) is 5.13 Å². The lowest BCUT2D eigenvalue weighted by Gasteiger charge is -2.08. The van der Waals surface area contributed by atoms with Crippen molar-refractivity contribution in [3.05, 3.63) is 82.3 Å². The molecule has 0 unspecified atom stereocenters. The minimum atomic E-state index is -0.203. The number of hydrogen-bond donors (Lipinski definition) is 1. The van der Waals surface area contributed by atoms with Gasteiger partial charge in [0.2, 0.25) is 0 Å². The average molecular weight is 341 g/mol. The van der Waals surface area contributed by atoms with Gasteiger partial charge in [-0.3, -0.25) is 10.1 Å². The minimum Gasteiger partial charge on any atom is -0.298 e. The number of hydrogen-bond acceptors (Lipinski definition) is 3. The first-order valence-corrected chi connectivity index (χ1v) is 8.22. The number of benzene rings is 2. The molecule has 0 spiro atoms. The molecule has 0 atom stereocenters. The van der Waals surface area contributed by atoms with Crippen LogP contribution in [-0.2, 0) is 4.79 Å². The van der Waals surface area contributed by atoms with Crippen LogP contribution < -0.4 is 5.32 Å². The predicted octanol–water partition coefficient (Wildman–Crippen LogP) is 4.98. The van der Waals surface area contributed by atoms with Crippen LogP contribution in [0.4, 0.5) is 5.13 Å². The Morgan fingerprint density at radius 1 is 1.09 bits per heavy atom. The van der Waals surface area contributed by atoms with Gasteiger partial charge >= 0.3 is 0 Å². The number of aromatic nitrogens is 1. The van der Waals surface area contributed by atoms with E-state index in [1.807, 2.05) is 53.9 Å². The predicted molar refractivity (Wildman–Crippen MR) is 96.5 cm³/mol. The number of nitrogens with zero attached hydrogens (tertiary/aromatic N) is 1. The molecule has 0 saturated carbocycles. The second-order valence-electron chi connectivity index (χ2n) is 4.77. The second kappa shape index (κ2) is 7.22. The molecule has 3 rings (SSSR count). The third kappa shape index (κ3) is 4.06. The summed E-state index contributed by atoms with van der Waals surface area (Å²) in [7, 11) is 0. The SMILES string of the molecule is O=C(Nc1nccs1)C(=Cc1ccccc1)c1ccc(Cl)cc1. The van der Waals surface area contributed by atoms with Crippen LogP contribution >= 0.6 is 22.9 Å². The number of nitrogens with one attached hydrogen (secondary N) is 1. The molecule has 0 aliphatic carbocycles. The first kappa shape index (κ1) is 15.5. The normalized spacial score (nSPS) is 11.3. The summed E-state index contributed by atoms with van der Waals surface area (Å²) >= 11 is 7.32. The van der Waals surface area contributed by atoms with Crippen LogP contribution in [0.2, 0.25) is 5.02 Å². The fourth-order valence-electron chi connectivity index (χ4n) is 2.07. The molecule has 1 N–H and O–H groups in total. The van der Waals surface area contributed by atoms with Gasteiger partial charge in [-0.1, -0.05) is 54.1 Å². The molecule has 0 radical (unpaired) electrons. The Labute approximate surface area is 143 Å². The maximum atomic E-state index is 12.7. The maximum Gasteiger partial charge on any atom is 0.258 e. The lowest BCUT2D eigenvalue weighted by molar-refractivity contribution is -0.111. The number of carbonyl (C=O) groups excluding carboxylic acids is 1. The van der Waals surface area contributed by atoms with E-state index in [1.54, 1.807) is 18.3 Å². The zero-order chi connectivity index (χ0) is 16.1. The molecule has 0 aliphatic rings. The molecule has 1 amide bonds. The van der Waals surface area contributed by atoms with Crippen molar-refractivity contribution >= 4 is 45.6 Å². The summed E-state index contributed by atoms with van der Waals surface area (Å²) in [4.78, 5) is 16.7. The van der Waals surface area contributed by atoms with Crippen LogP contribution in [0.15, 0.2) is 66.2 Å². The van der Waals surface area contributed by atoms with E-state index in [0.717, 1.165) is 11.1 Å². The number of rotatable bonds is 4. The van der Waals surface area contributed by atoms with Crippen molar-refractivity contribution < 1.29 is 4.79 Å². The van der Waals surface area contributed by atoms with Crippen molar-refractivity contribution in [3.8, 4) is 0 Å². The van der Waals surface area contributed by atoms with E-state index in [1.165, 1.54) is 11.3 Å². The molecule has 23 heavy (non-hydrogen) atoms. The smallest absolute Gasteiger partial charge is 0.258 e. The molecule has 2 aromatic carbocycles. The van der Waals surface area contributed by atoms with Crippen LogP contribution in [0.5, 0.6) is 0 Å². The van der Waals surface area contributed by atoms with Gasteiger partial charge in [-0.15, -0.1) is 11.3 Å². The molecule has 3 aromatic rings. The first-order valence-electron chi connectivity index (χ1n) is 6.96. The van der Waals surface area contributed by atoms with Crippen LogP contribution in [0, 0.1) is 0 Å². The van der Waals surface area contributed by atoms with Gasteiger partial charge in [0.25, 0.3) is 5.91 Å². The summed E-state index contributed by atoms with van der Waals surface area (Å²) in [6.45, 7) is 0. The Bertz CT molecular complexity index is 812. The van der Waals surface area contributed by atoms with Crippen molar-refractivity contribution in [1.82, 2.24) is 4.98 Å². The number of carbonyl (C=O) groups is 1. The molecular weight excluding hydrogens is 328 g/mol. The average Bonchev–Trinajstić information content (AvgIpc) is 3.07. The maximum absolute atomic E-state index is 12.7. The molecule has 114 valence electrons. The summed E-state index contributed by atoms with van der Waals surface area (Å²) in [6.07, 6.45) is 3.51. The van der Waals surface area contributed by atoms with Gasteiger partial charge in [-0.05, 0) is 29.3 Å². The lowest BCUT2D eigenvalue weighted by atomic mass is 10.0. The minimum absolute atomic E-state index is 0.203. The number of amides is 1. The monoisotopic (exact) mass is 340 g/mol. The van der Waals surface area contributed by atoms with Crippen molar-refractivity contribution in [1.29, 1.82) is 0 Å². The summed E-state index contributed by atoms with van der Waals surface area (Å²) in [5, 5.41) is 5.85. The van der Waals surface area contributed by atoms with Gasteiger partial charge in [0.05, 0.1) is 0 Å².